The van der Waals surface area contributed by atoms with Gasteiger partial charge in [0.1, 0.15) is 5.15 Å². The van der Waals surface area contributed by atoms with Crippen LogP contribution in [0.5, 0.6) is 0 Å². The van der Waals surface area contributed by atoms with Crippen LogP contribution in [0, 0.1) is 6.92 Å². The molecule has 0 saturated carbocycles. The first-order chi connectivity index (χ1) is 9.06. The minimum atomic E-state index is -0.258. The van der Waals surface area contributed by atoms with E-state index in [-0.39, 0.29) is 16.1 Å². The van der Waals surface area contributed by atoms with Crippen molar-refractivity contribution in [2.45, 2.75) is 13.5 Å². The van der Waals surface area contributed by atoms with Gasteiger partial charge in [0.2, 0.25) is 0 Å². The van der Waals surface area contributed by atoms with Crippen LogP contribution in [0.2, 0.25) is 10.2 Å². The predicted molar refractivity (Wildman–Crippen MR) is 74.4 cm³/mol. The maximum atomic E-state index is 11.9. The molecule has 0 aliphatic heterocycles. The van der Waals surface area contributed by atoms with E-state index in [9.17, 15) is 4.79 Å². The summed E-state index contributed by atoms with van der Waals surface area (Å²) in [6.45, 7) is 2.30. The molecule has 0 aliphatic rings. The Hall–Kier alpha value is -1.65. The number of halogens is 2. The number of nitrogens with zero attached hydrogens (tertiary/aromatic N) is 2. The molecule has 0 bridgehead atoms. The number of rotatable bonds is 3. The molecule has 0 saturated heterocycles. The number of pyridine rings is 2. The van der Waals surface area contributed by atoms with Crippen LogP contribution in [0.25, 0.3) is 0 Å². The molecule has 6 heteroatoms. The topological polar surface area (TPSA) is 54.9 Å². The molecule has 19 heavy (non-hydrogen) atoms. The first-order valence-electron chi connectivity index (χ1n) is 5.57. The maximum Gasteiger partial charge on any atom is 0.253 e. The summed E-state index contributed by atoms with van der Waals surface area (Å²) in [6.07, 6.45) is 3.11. The zero-order valence-electron chi connectivity index (χ0n) is 10.2. The zero-order valence-corrected chi connectivity index (χ0v) is 11.7. The van der Waals surface area contributed by atoms with E-state index in [1.54, 1.807) is 6.20 Å². The molecule has 2 heterocycles. The monoisotopic (exact) mass is 295 g/mol. The van der Waals surface area contributed by atoms with Crippen molar-refractivity contribution in [3.63, 3.8) is 0 Å². The van der Waals surface area contributed by atoms with E-state index in [4.69, 9.17) is 23.2 Å². The first-order valence-corrected chi connectivity index (χ1v) is 6.32. The van der Waals surface area contributed by atoms with E-state index in [1.807, 2.05) is 19.1 Å². The Morgan fingerprint density at radius 1 is 1.26 bits per heavy atom. The Morgan fingerprint density at radius 2 is 2.05 bits per heavy atom. The molecule has 1 N–H and O–H groups in total. The molecule has 98 valence electrons. The Bertz CT molecular complexity index is 599. The lowest BCUT2D eigenvalue weighted by Crippen LogP contribution is -2.23. The molecule has 4 nitrogen and oxygen atoms in total. The molecule has 0 aromatic carbocycles. The van der Waals surface area contributed by atoms with Crippen molar-refractivity contribution in [3.8, 4) is 0 Å². The van der Waals surface area contributed by atoms with Gasteiger partial charge in [-0.15, -0.1) is 0 Å². The molecule has 2 aromatic rings. The third kappa shape index (κ3) is 3.66. The number of nitrogens with one attached hydrogen (secondary N) is 1. The fourth-order valence-electron chi connectivity index (χ4n) is 1.43. The highest BCUT2D eigenvalue weighted by Gasteiger charge is 2.08. The molecule has 0 aliphatic carbocycles. The van der Waals surface area contributed by atoms with Gasteiger partial charge in [0, 0.05) is 24.6 Å². The van der Waals surface area contributed by atoms with Crippen LogP contribution >= 0.6 is 23.2 Å². The summed E-state index contributed by atoms with van der Waals surface area (Å²) in [5, 5.41) is 3.20. The minimum Gasteiger partial charge on any atom is -0.348 e. The van der Waals surface area contributed by atoms with Gasteiger partial charge in [-0.1, -0.05) is 29.3 Å². The van der Waals surface area contributed by atoms with Crippen molar-refractivity contribution in [1.82, 2.24) is 15.3 Å². The first kappa shape index (κ1) is 13.8. The molecule has 0 atom stereocenters. The summed E-state index contributed by atoms with van der Waals surface area (Å²) in [5.41, 5.74) is 2.23. The zero-order chi connectivity index (χ0) is 13.8. The van der Waals surface area contributed by atoms with Crippen molar-refractivity contribution in [1.29, 1.82) is 0 Å². The van der Waals surface area contributed by atoms with E-state index < -0.39 is 0 Å². The largest absolute Gasteiger partial charge is 0.348 e. The average Bonchev–Trinajstić information content (AvgIpc) is 2.41. The highest BCUT2D eigenvalue weighted by Crippen LogP contribution is 2.19. The molecule has 0 radical (unpaired) electrons. The molecular weight excluding hydrogens is 285 g/mol. The summed E-state index contributed by atoms with van der Waals surface area (Å²) in [4.78, 5) is 19.9. The van der Waals surface area contributed by atoms with E-state index in [0.29, 0.717) is 12.1 Å². The van der Waals surface area contributed by atoms with E-state index >= 15 is 0 Å². The number of hydrogen-bond donors (Lipinski definition) is 1. The van der Waals surface area contributed by atoms with Crippen molar-refractivity contribution in [2.75, 3.05) is 0 Å². The number of carbonyl (C=O) groups is 1. The van der Waals surface area contributed by atoms with E-state index in [2.05, 4.69) is 15.3 Å². The van der Waals surface area contributed by atoms with Gasteiger partial charge in [0.25, 0.3) is 5.91 Å². The SMILES string of the molecule is Cc1ccc(CNC(=O)c2cnc(Cl)c(Cl)c2)cn1. The second-order valence-corrected chi connectivity index (χ2v) is 4.75. The molecule has 2 rings (SSSR count). The van der Waals surface area contributed by atoms with Gasteiger partial charge in [-0.2, -0.15) is 0 Å². The highest BCUT2D eigenvalue weighted by atomic mass is 35.5. The van der Waals surface area contributed by atoms with Gasteiger partial charge >= 0.3 is 0 Å². The Labute approximate surface area is 120 Å². The minimum absolute atomic E-state index is 0.181. The fourth-order valence-corrected chi connectivity index (χ4v) is 1.70. The van der Waals surface area contributed by atoms with Gasteiger partial charge < -0.3 is 5.32 Å². The summed E-state index contributed by atoms with van der Waals surface area (Å²) in [5.74, 6) is -0.258. The molecule has 0 unspecified atom stereocenters. The van der Waals surface area contributed by atoms with Crippen molar-refractivity contribution in [3.05, 3.63) is 57.6 Å². The number of hydrogen-bond acceptors (Lipinski definition) is 3. The summed E-state index contributed by atoms with van der Waals surface area (Å²) in [7, 11) is 0. The van der Waals surface area contributed by atoms with Gasteiger partial charge in [-0.3, -0.25) is 9.78 Å². The second-order valence-electron chi connectivity index (χ2n) is 3.99. The maximum absolute atomic E-state index is 11.9. The van der Waals surface area contributed by atoms with Crippen LogP contribution in [-0.2, 0) is 6.54 Å². The summed E-state index contributed by atoms with van der Waals surface area (Å²) >= 11 is 11.5. The standard InChI is InChI=1S/C13H11Cl2N3O/c1-8-2-3-9(5-16-8)6-18-13(19)10-4-11(14)12(15)17-7-10/h2-5,7H,6H2,1H3,(H,18,19). The molecule has 2 aromatic heterocycles. The van der Waals surface area contributed by atoms with Gasteiger partial charge in [0.05, 0.1) is 10.6 Å². The van der Waals surface area contributed by atoms with Crippen LogP contribution in [0.3, 0.4) is 0 Å². The van der Waals surface area contributed by atoms with Crippen LogP contribution in [0.15, 0.2) is 30.6 Å². The third-order valence-electron chi connectivity index (χ3n) is 2.48. The van der Waals surface area contributed by atoms with Crippen molar-refractivity contribution in [2.24, 2.45) is 0 Å². The van der Waals surface area contributed by atoms with Crippen LogP contribution < -0.4 is 5.32 Å². The number of amides is 1. The van der Waals surface area contributed by atoms with Gasteiger partial charge in [0.15, 0.2) is 0 Å². The number of aromatic nitrogens is 2. The van der Waals surface area contributed by atoms with Crippen molar-refractivity contribution >= 4 is 29.1 Å². The lowest BCUT2D eigenvalue weighted by molar-refractivity contribution is 0.0950. The normalized spacial score (nSPS) is 10.3. The quantitative estimate of drug-likeness (QED) is 0.886. The second kappa shape index (κ2) is 5.99. The van der Waals surface area contributed by atoms with Crippen LogP contribution in [0.1, 0.15) is 21.6 Å². The lowest BCUT2D eigenvalue weighted by Gasteiger charge is -2.06. The molecule has 0 fully saturated rings. The van der Waals surface area contributed by atoms with Crippen LogP contribution in [0.4, 0.5) is 0 Å². The number of carbonyl (C=O) groups excluding carboxylic acids is 1. The Balaban J connectivity index is 2.01. The Morgan fingerprint density at radius 3 is 2.68 bits per heavy atom. The highest BCUT2D eigenvalue weighted by molar-refractivity contribution is 6.41. The fraction of sp³-hybridized carbons (Fsp3) is 0.154. The molecular formula is C13H11Cl2N3O. The molecule has 1 amide bonds. The third-order valence-corrected chi connectivity index (χ3v) is 3.17. The van der Waals surface area contributed by atoms with Crippen LogP contribution in [-0.4, -0.2) is 15.9 Å². The number of aryl methyl sites for hydroxylation is 1. The summed E-state index contributed by atoms with van der Waals surface area (Å²) < 4.78 is 0. The smallest absolute Gasteiger partial charge is 0.253 e. The van der Waals surface area contributed by atoms with Crippen molar-refractivity contribution < 1.29 is 4.79 Å². The van der Waals surface area contributed by atoms with E-state index in [1.165, 1.54) is 12.3 Å². The summed E-state index contributed by atoms with van der Waals surface area (Å²) in [6, 6.07) is 5.29. The average molecular weight is 296 g/mol. The lowest BCUT2D eigenvalue weighted by atomic mass is 10.2. The molecule has 0 spiro atoms. The van der Waals surface area contributed by atoms with Gasteiger partial charge in [-0.25, -0.2) is 4.98 Å². The predicted octanol–water partition coefficient (Wildman–Crippen LogP) is 3.02. The Kier molecular flexibility index (Phi) is 4.35. The van der Waals surface area contributed by atoms with E-state index in [0.717, 1.165) is 11.3 Å². The van der Waals surface area contributed by atoms with Gasteiger partial charge in [-0.05, 0) is 24.6 Å².